The molecule has 0 bridgehead atoms. The summed E-state index contributed by atoms with van der Waals surface area (Å²) in [5.74, 6) is -7.62. The molecule has 4 nitrogen and oxygen atoms in total. The minimum Gasteiger partial charge on any atom is -0.545 e. The maximum absolute atomic E-state index is 13.3. The summed E-state index contributed by atoms with van der Waals surface area (Å²) < 4.78 is 84.8. The lowest BCUT2D eigenvalue weighted by Gasteiger charge is -2.40. The second-order valence-electron chi connectivity index (χ2n) is 4.60. The number of aryl methyl sites for hydroxylation is 1. The SMILES string of the molecule is Cc1cccc2c1OC(OC(F)(F)F)(C(F)(F)F)C(C(=O)[O-])=C2. The molecule has 1 atom stereocenters. The van der Waals surface area contributed by atoms with Crippen molar-refractivity contribution in [1.29, 1.82) is 0 Å². The number of para-hydroxylation sites is 1. The zero-order valence-corrected chi connectivity index (χ0v) is 11.2. The molecule has 1 aliphatic heterocycles. The topological polar surface area (TPSA) is 58.6 Å². The van der Waals surface area contributed by atoms with Crippen molar-refractivity contribution in [2.75, 3.05) is 0 Å². The molecule has 0 aliphatic carbocycles. The van der Waals surface area contributed by atoms with E-state index in [9.17, 15) is 36.2 Å². The molecule has 1 aromatic carbocycles. The highest BCUT2D eigenvalue weighted by Crippen LogP contribution is 2.49. The molecule has 1 heterocycles. The van der Waals surface area contributed by atoms with E-state index in [1.54, 1.807) is 0 Å². The number of carbonyl (C=O) groups excluding carboxylic acids is 1. The first-order chi connectivity index (χ1) is 10.4. The van der Waals surface area contributed by atoms with Crippen molar-refractivity contribution in [2.45, 2.75) is 25.2 Å². The fraction of sp³-hybridized carbons (Fsp3) is 0.308. The van der Waals surface area contributed by atoms with Crippen LogP contribution in [0.2, 0.25) is 0 Å². The Morgan fingerprint density at radius 3 is 2.30 bits per heavy atom. The number of carbonyl (C=O) groups is 1. The standard InChI is InChI=1S/C13H8F6O4/c1-6-3-2-4-7-5-8(10(20)21)11(12(14,15)16,22-9(6)7)23-13(17,18)19/h2-5H,1H3,(H,20,21)/p-1. The van der Waals surface area contributed by atoms with Gasteiger partial charge in [-0.05, 0) is 18.6 Å². The van der Waals surface area contributed by atoms with E-state index in [4.69, 9.17) is 0 Å². The summed E-state index contributed by atoms with van der Waals surface area (Å²) in [6.07, 6.45) is -11.3. The van der Waals surface area contributed by atoms with Gasteiger partial charge in [-0.1, -0.05) is 18.2 Å². The molecule has 23 heavy (non-hydrogen) atoms. The maximum Gasteiger partial charge on any atom is 0.526 e. The van der Waals surface area contributed by atoms with Crippen LogP contribution in [0.5, 0.6) is 5.75 Å². The summed E-state index contributed by atoms with van der Waals surface area (Å²) in [6.45, 7) is 1.28. The zero-order valence-electron chi connectivity index (χ0n) is 11.2. The van der Waals surface area contributed by atoms with Crippen LogP contribution in [0.25, 0.3) is 6.08 Å². The average Bonchev–Trinajstić information content (AvgIpc) is 2.35. The Bertz CT molecular complexity index is 676. The van der Waals surface area contributed by atoms with Crippen LogP contribution in [0, 0.1) is 6.92 Å². The summed E-state index contributed by atoms with van der Waals surface area (Å²) >= 11 is 0. The second kappa shape index (κ2) is 5.15. The van der Waals surface area contributed by atoms with Gasteiger partial charge in [-0.2, -0.15) is 13.2 Å². The van der Waals surface area contributed by atoms with Crippen LogP contribution >= 0.6 is 0 Å². The number of aliphatic carboxylic acids is 1. The summed E-state index contributed by atoms with van der Waals surface area (Å²) in [7, 11) is 0. The third kappa shape index (κ3) is 2.98. The van der Waals surface area contributed by atoms with Crippen LogP contribution in [0.1, 0.15) is 11.1 Å². The van der Waals surface area contributed by atoms with E-state index in [-0.39, 0.29) is 11.1 Å². The summed E-state index contributed by atoms with van der Waals surface area (Å²) in [5.41, 5.74) is -1.91. The van der Waals surface area contributed by atoms with Gasteiger partial charge in [-0.3, -0.25) is 0 Å². The monoisotopic (exact) mass is 341 g/mol. The number of fused-ring (bicyclic) bond motifs is 1. The lowest BCUT2D eigenvalue weighted by molar-refractivity contribution is -0.448. The molecule has 0 fully saturated rings. The Morgan fingerprint density at radius 2 is 1.83 bits per heavy atom. The summed E-state index contributed by atoms with van der Waals surface area (Å²) in [5, 5.41) is 11.0. The smallest absolute Gasteiger partial charge is 0.526 e. The van der Waals surface area contributed by atoms with Crippen LogP contribution in [0.3, 0.4) is 0 Å². The molecule has 1 aliphatic rings. The van der Waals surface area contributed by atoms with E-state index in [0.29, 0.717) is 6.08 Å². The molecular formula is C13H7F6O4-. The van der Waals surface area contributed by atoms with Gasteiger partial charge in [0, 0.05) is 5.56 Å². The maximum atomic E-state index is 13.3. The van der Waals surface area contributed by atoms with Crippen molar-refractivity contribution in [2.24, 2.45) is 0 Å². The first kappa shape index (κ1) is 17.1. The highest BCUT2D eigenvalue weighted by atomic mass is 19.4. The van der Waals surface area contributed by atoms with E-state index in [0.717, 1.165) is 0 Å². The quantitative estimate of drug-likeness (QED) is 0.775. The predicted octanol–water partition coefficient (Wildman–Crippen LogP) is 2.32. The number of carboxylic acids is 1. The number of hydrogen-bond donors (Lipinski definition) is 0. The van der Waals surface area contributed by atoms with Gasteiger partial charge in [-0.25, -0.2) is 4.74 Å². The predicted molar refractivity (Wildman–Crippen MR) is 60.7 cm³/mol. The van der Waals surface area contributed by atoms with Crippen molar-refractivity contribution in [1.82, 2.24) is 0 Å². The van der Waals surface area contributed by atoms with Crippen molar-refractivity contribution >= 4 is 12.0 Å². The molecule has 1 aromatic rings. The van der Waals surface area contributed by atoms with Gasteiger partial charge >= 0.3 is 18.3 Å². The highest BCUT2D eigenvalue weighted by Gasteiger charge is 2.67. The number of rotatable bonds is 2. The molecule has 0 N–H and O–H groups in total. The molecule has 1 unspecified atom stereocenters. The van der Waals surface area contributed by atoms with E-state index >= 15 is 0 Å². The van der Waals surface area contributed by atoms with Crippen LogP contribution in [-0.4, -0.2) is 24.3 Å². The van der Waals surface area contributed by atoms with Crippen molar-refractivity contribution in [3.63, 3.8) is 0 Å². The molecule has 0 aromatic heterocycles. The minimum atomic E-state index is -5.84. The Balaban J connectivity index is 2.75. The Morgan fingerprint density at radius 1 is 1.22 bits per heavy atom. The average molecular weight is 341 g/mol. The molecule has 0 saturated heterocycles. The molecule has 0 saturated carbocycles. The van der Waals surface area contributed by atoms with Gasteiger partial charge in [0.1, 0.15) is 5.75 Å². The van der Waals surface area contributed by atoms with Crippen LogP contribution in [0.15, 0.2) is 23.8 Å². The summed E-state index contributed by atoms with van der Waals surface area (Å²) in [6, 6.07) is 3.83. The van der Waals surface area contributed by atoms with Crippen molar-refractivity contribution in [3.8, 4) is 5.75 Å². The number of halogens is 6. The van der Waals surface area contributed by atoms with E-state index < -0.39 is 35.6 Å². The van der Waals surface area contributed by atoms with Gasteiger partial charge in [0.2, 0.25) is 0 Å². The Labute approximate surface area is 124 Å². The number of alkyl halides is 6. The first-order valence-electron chi connectivity index (χ1n) is 5.93. The molecule has 0 spiro atoms. The number of ether oxygens (including phenoxy) is 2. The molecule has 0 amide bonds. The molecular weight excluding hydrogens is 334 g/mol. The zero-order chi connectivity index (χ0) is 17.6. The van der Waals surface area contributed by atoms with Gasteiger partial charge in [0.05, 0.1) is 11.5 Å². The van der Waals surface area contributed by atoms with Gasteiger partial charge in [0.25, 0.3) is 0 Å². The van der Waals surface area contributed by atoms with E-state index in [1.807, 2.05) is 0 Å². The third-order valence-corrected chi connectivity index (χ3v) is 3.00. The van der Waals surface area contributed by atoms with Crippen molar-refractivity contribution < 1.29 is 45.7 Å². The lowest BCUT2D eigenvalue weighted by atomic mass is 9.96. The Hall–Kier alpha value is -2.23. The summed E-state index contributed by atoms with van der Waals surface area (Å²) in [4.78, 5) is 11.0. The van der Waals surface area contributed by atoms with Crippen molar-refractivity contribution in [3.05, 3.63) is 34.9 Å². The normalized spacial score (nSPS) is 21.3. The third-order valence-electron chi connectivity index (χ3n) is 3.00. The Kier molecular flexibility index (Phi) is 3.84. The minimum absolute atomic E-state index is 0.0653. The first-order valence-corrected chi connectivity index (χ1v) is 5.93. The highest BCUT2D eigenvalue weighted by molar-refractivity contribution is 5.94. The number of hydrogen-bond acceptors (Lipinski definition) is 4. The van der Waals surface area contributed by atoms with E-state index in [2.05, 4.69) is 9.47 Å². The van der Waals surface area contributed by atoms with Gasteiger partial charge < -0.3 is 14.6 Å². The molecule has 2 rings (SSSR count). The van der Waals surface area contributed by atoms with E-state index in [1.165, 1.54) is 25.1 Å². The molecule has 0 radical (unpaired) electrons. The fourth-order valence-electron chi connectivity index (χ4n) is 2.08. The fourth-order valence-corrected chi connectivity index (χ4v) is 2.08. The molecule has 126 valence electrons. The number of benzene rings is 1. The van der Waals surface area contributed by atoms with Crippen LogP contribution in [0.4, 0.5) is 26.3 Å². The molecule has 10 heteroatoms. The van der Waals surface area contributed by atoms with Crippen LogP contribution < -0.4 is 9.84 Å². The number of carboxylic acid groups (broad SMARTS) is 1. The second-order valence-corrected chi connectivity index (χ2v) is 4.60. The van der Waals surface area contributed by atoms with Crippen LogP contribution in [-0.2, 0) is 9.53 Å². The van der Waals surface area contributed by atoms with Gasteiger partial charge in [-0.15, -0.1) is 13.2 Å². The lowest BCUT2D eigenvalue weighted by Crippen LogP contribution is -2.60. The largest absolute Gasteiger partial charge is 0.545 e. The van der Waals surface area contributed by atoms with Gasteiger partial charge in [0.15, 0.2) is 0 Å².